The van der Waals surface area contributed by atoms with Crippen LogP contribution in [0.2, 0.25) is 0 Å². The normalized spacial score (nSPS) is 11.2. The highest BCUT2D eigenvalue weighted by atomic mass is 35.5. The van der Waals surface area contributed by atoms with Crippen LogP contribution in [-0.4, -0.2) is 29.5 Å². The van der Waals surface area contributed by atoms with Crippen LogP contribution in [0.4, 0.5) is 13.2 Å². The lowest BCUT2D eigenvalue weighted by Gasteiger charge is -2.15. The quantitative estimate of drug-likeness (QED) is 0.861. The van der Waals surface area contributed by atoms with E-state index in [1.165, 1.54) is 0 Å². The summed E-state index contributed by atoms with van der Waals surface area (Å²) in [5.74, 6) is -3.20. The number of carboxylic acids is 1. The van der Waals surface area contributed by atoms with Crippen LogP contribution in [0.5, 0.6) is 11.6 Å². The van der Waals surface area contributed by atoms with Crippen molar-refractivity contribution >= 4 is 17.6 Å². The minimum Gasteiger partial charge on any atom is -0.481 e. The van der Waals surface area contributed by atoms with E-state index >= 15 is 0 Å². The highest BCUT2D eigenvalue weighted by Gasteiger charge is 2.35. The van der Waals surface area contributed by atoms with E-state index in [0.29, 0.717) is 6.20 Å². The number of aromatic carboxylic acids is 1. The molecule has 0 atom stereocenters. The zero-order valence-electron chi connectivity index (χ0n) is 8.92. The molecule has 0 radical (unpaired) electrons. The molecule has 1 aromatic rings. The Balaban J connectivity index is 3.43. The van der Waals surface area contributed by atoms with Crippen LogP contribution in [0.3, 0.4) is 0 Å². The fourth-order valence-electron chi connectivity index (χ4n) is 1.20. The average molecular weight is 286 g/mol. The average Bonchev–Trinajstić information content (AvgIpc) is 2.25. The first-order valence-corrected chi connectivity index (χ1v) is 4.94. The molecule has 0 aliphatic rings. The lowest BCUT2D eigenvalue weighted by Crippen LogP contribution is -2.20. The van der Waals surface area contributed by atoms with Gasteiger partial charge < -0.3 is 14.6 Å². The van der Waals surface area contributed by atoms with Crippen LogP contribution in [0, 0.1) is 0 Å². The number of aromatic nitrogens is 1. The van der Waals surface area contributed by atoms with E-state index in [1.807, 2.05) is 0 Å². The maximum absolute atomic E-state index is 12.2. The molecular formula is C9H7ClF3NO4. The topological polar surface area (TPSA) is 68.7 Å². The fraction of sp³-hybridized carbons (Fsp3) is 0.333. The molecule has 1 heterocycles. The van der Waals surface area contributed by atoms with Gasteiger partial charge in [-0.05, 0) is 0 Å². The Morgan fingerprint density at radius 3 is 2.56 bits per heavy atom. The van der Waals surface area contributed by atoms with E-state index in [0.717, 1.165) is 7.11 Å². The number of pyridine rings is 1. The third-order valence-electron chi connectivity index (χ3n) is 1.86. The third kappa shape index (κ3) is 3.16. The monoisotopic (exact) mass is 285 g/mol. The Morgan fingerprint density at radius 2 is 2.17 bits per heavy atom. The largest absolute Gasteiger partial charge is 0.573 e. The molecule has 0 aliphatic heterocycles. The lowest BCUT2D eigenvalue weighted by atomic mass is 10.2. The number of nitrogens with zero attached hydrogens (tertiary/aromatic N) is 1. The summed E-state index contributed by atoms with van der Waals surface area (Å²) in [7, 11) is 1.16. The number of carboxylic acid groups (broad SMARTS) is 1. The van der Waals surface area contributed by atoms with Gasteiger partial charge in [-0.1, -0.05) is 0 Å². The zero-order valence-corrected chi connectivity index (χ0v) is 9.67. The van der Waals surface area contributed by atoms with E-state index < -0.39 is 29.5 Å². The van der Waals surface area contributed by atoms with Crippen molar-refractivity contribution in [2.24, 2.45) is 0 Å². The third-order valence-corrected chi connectivity index (χ3v) is 2.13. The van der Waals surface area contributed by atoms with Gasteiger partial charge in [0.1, 0.15) is 5.56 Å². The van der Waals surface area contributed by atoms with E-state index in [1.54, 1.807) is 0 Å². The fourth-order valence-corrected chi connectivity index (χ4v) is 1.43. The van der Waals surface area contributed by atoms with Gasteiger partial charge in [-0.25, -0.2) is 9.78 Å². The predicted molar refractivity (Wildman–Crippen MR) is 54.0 cm³/mol. The summed E-state index contributed by atoms with van der Waals surface area (Å²) in [6, 6.07) is 0. The lowest BCUT2D eigenvalue weighted by molar-refractivity contribution is -0.275. The molecular weight excluding hydrogens is 279 g/mol. The smallest absolute Gasteiger partial charge is 0.481 e. The first kappa shape index (κ1) is 14.4. The van der Waals surface area contributed by atoms with E-state index in [2.05, 4.69) is 9.72 Å². The summed E-state index contributed by atoms with van der Waals surface area (Å²) >= 11 is 5.46. The van der Waals surface area contributed by atoms with E-state index in [4.69, 9.17) is 21.4 Å². The number of methoxy groups -OCH3 is 1. The van der Waals surface area contributed by atoms with Crippen molar-refractivity contribution in [2.45, 2.75) is 12.2 Å². The number of alkyl halides is 4. The summed E-state index contributed by atoms with van der Waals surface area (Å²) < 4.78 is 45.0. The van der Waals surface area contributed by atoms with Gasteiger partial charge in [0.2, 0.25) is 5.88 Å². The Labute approximate surface area is 104 Å². The van der Waals surface area contributed by atoms with Gasteiger partial charge in [0.25, 0.3) is 0 Å². The molecule has 1 rings (SSSR count). The highest BCUT2D eigenvalue weighted by Crippen LogP contribution is 2.35. The first-order chi connectivity index (χ1) is 8.30. The summed E-state index contributed by atoms with van der Waals surface area (Å²) in [6.07, 6.45) is -4.34. The second-order valence-electron chi connectivity index (χ2n) is 2.98. The SMILES string of the molecule is COc1ncc(C(=O)O)c(OC(F)(F)F)c1CCl. The summed E-state index contributed by atoms with van der Waals surface area (Å²) in [6.45, 7) is 0. The molecule has 18 heavy (non-hydrogen) atoms. The molecule has 0 unspecified atom stereocenters. The number of rotatable bonds is 4. The van der Waals surface area contributed by atoms with Crippen LogP contribution >= 0.6 is 11.6 Å². The second kappa shape index (κ2) is 5.30. The molecule has 0 saturated carbocycles. The number of hydrogen-bond acceptors (Lipinski definition) is 4. The van der Waals surface area contributed by atoms with Gasteiger partial charge in [-0.15, -0.1) is 24.8 Å². The molecule has 0 amide bonds. The maximum Gasteiger partial charge on any atom is 0.573 e. The van der Waals surface area contributed by atoms with E-state index in [9.17, 15) is 18.0 Å². The number of hydrogen-bond donors (Lipinski definition) is 1. The Hall–Kier alpha value is -1.70. The van der Waals surface area contributed by atoms with Crippen molar-refractivity contribution in [1.29, 1.82) is 0 Å². The molecule has 0 bridgehead atoms. The molecule has 9 heteroatoms. The van der Waals surface area contributed by atoms with Crippen molar-refractivity contribution in [2.75, 3.05) is 7.11 Å². The van der Waals surface area contributed by atoms with Gasteiger partial charge in [-0.3, -0.25) is 0 Å². The highest BCUT2D eigenvalue weighted by molar-refractivity contribution is 6.17. The van der Waals surface area contributed by atoms with Crippen LogP contribution in [0.1, 0.15) is 15.9 Å². The number of carbonyl (C=O) groups is 1. The van der Waals surface area contributed by atoms with Crippen LogP contribution in [0.15, 0.2) is 6.20 Å². The minimum absolute atomic E-state index is 0.228. The molecule has 0 aromatic carbocycles. The van der Waals surface area contributed by atoms with Crippen molar-refractivity contribution in [1.82, 2.24) is 4.98 Å². The van der Waals surface area contributed by atoms with Crippen LogP contribution in [0.25, 0.3) is 0 Å². The molecule has 0 aliphatic carbocycles. The number of halogens is 4. The molecule has 0 saturated heterocycles. The maximum atomic E-state index is 12.2. The Bertz CT molecular complexity index is 464. The minimum atomic E-state index is -5.04. The van der Waals surface area contributed by atoms with Crippen molar-refractivity contribution in [3.63, 3.8) is 0 Å². The molecule has 0 fully saturated rings. The van der Waals surface area contributed by atoms with Crippen LogP contribution < -0.4 is 9.47 Å². The summed E-state index contributed by atoms with van der Waals surface area (Å²) in [5.41, 5.74) is -1.03. The van der Waals surface area contributed by atoms with Gasteiger partial charge in [-0.2, -0.15) is 0 Å². The molecule has 100 valence electrons. The van der Waals surface area contributed by atoms with Crippen LogP contribution in [-0.2, 0) is 5.88 Å². The van der Waals surface area contributed by atoms with Gasteiger partial charge in [0, 0.05) is 6.20 Å². The standard InChI is InChI=1S/C9H7ClF3NO4/c1-17-7-4(2-10)6(18-9(11,12)13)5(3-14-7)8(15)16/h3H,2H2,1H3,(H,15,16). The van der Waals surface area contributed by atoms with Gasteiger partial charge in [0.15, 0.2) is 5.75 Å². The summed E-state index contributed by atoms with van der Waals surface area (Å²) in [4.78, 5) is 14.3. The number of ether oxygens (including phenoxy) is 2. The van der Waals surface area contributed by atoms with Gasteiger partial charge >= 0.3 is 12.3 Å². The zero-order chi connectivity index (χ0) is 13.9. The predicted octanol–water partition coefficient (Wildman–Crippen LogP) is 2.43. The van der Waals surface area contributed by atoms with Gasteiger partial charge in [0.05, 0.1) is 18.6 Å². The first-order valence-electron chi connectivity index (χ1n) is 4.41. The molecule has 1 N–H and O–H groups in total. The van der Waals surface area contributed by atoms with Crippen molar-refractivity contribution < 1.29 is 32.5 Å². The Morgan fingerprint density at radius 1 is 1.56 bits per heavy atom. The van der Waals surface area contributed by atoms with Crippen molar-refractivity contribution in [3.05, 3.63) is 17.3 Å². The van der Waals surface area contributed by atoms with Crippen molar-refractivity contribution in [3.8, 4) is 11.6 Å². The second-order valence-corrected chi connectivity index (χ2v) is 3.24. The molecule has 0 spiro atoms. The molecule has 1 aromatic heterocycles. The summed E-state index contributed by atoms with van der Waals surface area (Å²) in [5, 5.41) is 8.77. The Kier molecular flexibility index (Phi) is 4.23. The molecule has 5 nitrogen and oxygen atoms in total. The van der Waals surface area contributed by atoms with E-state index in [-0.39, 0.29) is 11.4 Å².